The number of cyclic esters (lactones) is 1. The highest BCUT2D eigenvalue weighted by molar-refractivity contribution is 6.99. The zero-order chi connectivity index (χ0) is 28.0. The Labute approximate surface area is 229 Å². The summed E-state index contributed by atoms with van der Waals surface area (Å²) in [4.78, 5) is 38.2. The molecule has 0 bridgehead atoms. The molecule has 7 nitrogen and oxygen atoms in total. The summed E-state index contributed by atoms with van der Waals surface area (Å²) < 4.78 is 22.7. The molecule has 0 N–H and O–H groups in total. The third-order valence-electron chi connectivity index (χ3n) is 6.68. The van der Waals surface area contributed by atoms with Gasteiger partial charge in [-0.1, -0.05) is 99.6 Å². The van der Waals surface area contributed by atoms with Crippen LogP contribution >= 0.6 is 0 Å². The smallest absolute Gasteiger partial charge is 0.379 e. The first kappa shape index (κ1) is 28.0. The number of carbonyl (C=O) groups excluding carboxylic acids is 3. The molecule has 0 aliphatic carbocycles. The second-order valence-electron chi connectivity index (χ2n) is 10.2. The van der Waals surface area contributed by atoms with Gasteiger partial charge in [0.1, 0.15) is 12.4 Å². The van der Waals surface area contributed by atoms with Gasteiger partial charge in [0.25, 0.3) is 14.1 Å². The van der Waals surface area contributed by atoms with E-state index in [0.717, 1.165) is 16.4 Å². The van der Waals surface area contributed by atoms with Crippen molar-refractivity contribution in [2.75, 3.05) is 13.7 Å². The third-order valence-corrected chi connectivity index (χ3v) is 11.7. The fourth-order valence-electron chi connectivity index (χ4n) is 4.74. The highest BCUT2D eigenvalue weighted by atomic mass is 28.4. The Hall–Kier alpha value is -4.01. The first-order valence-corrected chi connectivity index (χ1v) is 14.6. The normalized spacial score (nSPS) is 17.6. The molecule has 2 atom stereocenters. The molecular weight excluding hydrogens is 512 g/mol. The number of ether oxygens (including phenoxy) is 3. The van der Waals surface area contributed by atoms with Gasteiger partial charge >= 0.3 is 11.9 Å². The first-order valence-electron chi connectivity index (χ1n) is 12.7. The molecule has 3 aromatic rings. The first-order chi connectivity index (χ1) is 18.7. The van der Waals surface area contributed by atoms with E-state index in [1.165, 1.54) is 6.08 Å². The summed E-state index contributed by atoms with van der Waals surface area (Å²) in [5.41, 5.74) is 0.712. The molecule has 0 spiro atoms. The van der Waals surface area contributed by atoms with Gasteiger partial charge in [-0.15, -0.1) is 0 Å². The highest BCUT2D eigenvalue weighted by Crippen LogP contribution is 2.38. The van der Waals surface area contributed by atoms with Crippen molar-refractivity contribution >= 4 is 42.5 Å². The van der Waals surface area contributed by atoms with Gasteiger partial charge in [0.2, 0.25) is 0 Å². The van der Waals surface area contributed by atoms with Crippen LogP contribution in [0.5, 0.6) is 5.75 Å². The fraction of sp³-hybridized carbons (Fsp3) is 0.258. The van der Waals surface area contributed by atoms with Crippen molar-refractivity contribution in [3.8, 4) is 5.75 Å². The van der Waals surface area contributed by atoms with Crippen molar-refractivity contribution in [1.29, 1.82) is 0 Å². The van der Waals surface area contributed by atoms with Crippen LogP contribution in [0.2, 0.25) is 5.04 Å². The summed E-state index contributed by atoms with van der Waals surface area (Å²) >= 11 is 0. The van der Waals surface area contributed by atoms with Crippen molar-refractivity contribution in [3.05, 3.63) is 96.6 Å². The Morgan fingerprint density at radius 2 is 1.46 bits per heavy atom. The maximum Gasteiger partial charge on any atom is 0.379 e. The minimum absolute atomic E-state index is 0.192. The van der Waals surface area contributed by atoms with Crippen molar-refractivity contribution < 1.29 is 33.0 Å². The van der Waals surface area contributed by atoms with E-state index < -0.39 is 43.3 Å². The van der Waals surface area contributed by atoms with Gasteiger partial charge in [-0.25, -0.2) is 9.59 Å². The van der Waals surface area contributed by atoms with E-state index >= 15 is 0 Å². The topological polar surface area (TPSA) is 88.1 Å². The molecule has 0 unspecified atom stereocenters. The monoisotopic (exact) mass is 544 g/mol. The third kappa shape index (κ3) is 6.02. The number of esters is 2. The van der Waals surface area contributed by atoms with E-state index in [1.807, 2.05) is 60.7 Å². The molecule has 4 rings (SSSR count). The van der Waals surface area contributed by atoms with Crippen LogP contribution in [0, 0.1) is 0 Å². The molecule has 0 aromatic heterocycles. The number of hydrogen-bond donors (Lipinski definition) is 0. The van der Waals surface area contributed by atoms with E-state index in [2.05, 4.69) is 20.8 Å². The van der Waals surface area contributed by atoms with Crippen LogP contribution in [0.1, 0.15) is 26.3 Å². The summed E-state index contributed by atoms with van der Waals surface area (Å²) in [6.07, 6.45) is 0.402. The van der Waals surface area contributed by atoms with Crippen LogP contribution in [-0.2, 0) is 28.3 Å². The van der Waals surface area contributed by atoms with Gasteiger partial charge in [-0.2, -0.15) is 0 Å². The minimum atomic E-state index is -3.14. The second kappa shape index (κ2) is 11.8. The molecule has 1 heterocycles. The predicted octanol–water partition coefficient (Wildman–Crippen LogP) is 3.69. The highest BCUT2D eigenvalue weighted by Gasteiger charge is 2.55. The van der Waals surface area contributed by atoms with E-state index in [1.54, 1.807) is 31.4 Å². The van der Waals surface area contributed by atoms with Crippen molar-refractivity contribution in [1.82, 2.24) is 0 Å². The van der Waals surface area contributed by atoms with Crippen molar-refractivity contribution in [2.24, 2.45) is 0 Å². The largest absolute Gasteiger partial charge is 0.497 e. The molecule has 1 fully saturated rings. The SMILES string of the molecule is COc1ccc(/C=C/C(=O)C(=O)O[C@@H]2COC(=O)[C@@H]2O[Si](c2ccccc2)(c2ccccc2)C(C)(C)C)cc1. The Bertz CT molecular complexity index is 1290. The summed E-state index contributed by atoms with van der Waals surface area (Å²) in [6, 6.07) is 26.6. The average Bonchev–Trinajstić information content (AvgIpc) is 3.28. The number of carbonyl (C=O) groups is 3. The molecule has 1 aliphatic rings. The van der Waals surface area contributed by atoms with E-state index in [9.17, 15) is 14.4 Å². The zero-order valence-corrected chi connectivity index (χ0v) is 23.5. The molecule has 1 saturated heterocycles. The fourth-order valence-corrected chi connectivity index (χ4v) is 9.38. The van der Waals surface area contributed by atoms with Gasteiger partial charge in [-0.3, -0.25) is 4.79 Å². The van der Waals surface area contributed by atoms with Crippen LogP contribution in [0.3, 0.4) is 0 Å². The predicted molar refractivity (Wildman–Crippen MR) is 150 cm³/mol. The molecule has 0 radical (unpaired) electrons. The van der Waals surface area contributed by atoms with Crippen molar-refractivity contribution in [2.45, 2.75) is 38.0 Å². The lowest BCUT2D eigenvalue weighted by molar-refractivity contribution is -0.158. The lowest BCUT2D eigenvalue weighted by atomic mass is 10.2. The summed E-state index contributed by atoms with van der Waals surface area (Å²) in [5, 5.41) is 1.52. The standard InChI is InChI=1S/C31H32O7Si/c1-31(2,3)39(24-11-7-5-8-12-24,25-13-9-6-10-14-25)38-28-27(21-36-30(28)34)37-29(33)26(32)20-17-22-15-18-23(35-4)19-16-22/h5-20,27-28H,21H2,1-4H3/b20-17+/t27-,28-/m1/s1. The second-order valence-corrected chi connectivity index (χ2v) is 14.5. The Morgan fingerprint density at radius 1 is 0.897 bits per heavy atom. The molecule has 3 aromatic carbocycles. The van der Waals surface area contributed by atoms with Gasteiger partial charge in [0.05, 0.1) is 7.11 Å². The zero-order valence-electron chi connectivity index (χ0n) is 22.5. The van der Waals surface area contributed by atoms with E-state index in [4.69, 9.17) is 18.6 Å². The van der Waals surface area contributed by atoms with Crippen LogP contribution in [0.25, 0.3) is 6.08 Å². The summed E-state index contributed by atoms with van der Waals surface area (Å²) in [7, 11) is -1.58. The quantitative estimate of drug-likeness (QED) is 0.176. The van der Waals surface area contributed by atoms with Gasteiger partial charge in [0, 0.05) is 0 Å². The van der Waals surface area contributed by atoms with Crippen molar-refractivity contribution in [3.63, 3.8) is 0 Å². The lowest BCUT2D eigenvalue weighted by Crippen LogP contribution is -2.68. The molecule has 0 saturated carbocycles. The average molecular weight is 545 g/mol. The Balaban J connectivity index is 1.60. The number of hydrogen-bond acceptors (Lipinski definition) is 7. The Kier molecular flexibility index (Phi) is 8.47. The number of rotatable bonds is 9. The van der Waals surface area contributed by atoms with Crippen LogP contribution in [0.15, 0.2) is 91.0 Å². The van der Waals surface area contributed by atoms with Crippen LogP contribution in [0.4, 0.5) is 0 Å². The minimum Gasteiger partial charge on any atom is -0.497 e. The molecule has 202 valence electrons. The lowest BCUT2D eigenvalue weighted by Gasteiger charge is -2.44. The molecule has 1 aliphatic heterocycles. The summed E-state index contributed by atoms with van der Waals surface area (Å²) in [6.45, 7) is 6.04. The van der Waals surface area contributed by atoms with Gasteiger partial charge in [0.15, 0.2) is 12.2 Å². The molecule has 39 heavy (non-hydrogen) atoms. The van der Waals surface area contributed by atoms with Gasteiger partial charge in [-0.05, 0) is 39.2 Å². The molecule has 8 heteroatoms. The number of benzene rings is 3. The van der Waals surface area contributed by atoms with Crippen LogP contribution in [-0.4, -0.2) is 52.0 Å². The van der Waals surface area contributed by atoms with Crippen LogP contribution < -0.4 is 15.1 Å². The summed E-state index contributed by atoms with van der Waals surface area (Å²) in [5.74, 6) is -1.88. The maximum atomic E-state index is 12.9. The Morgan fingerprint density at radius 3 is 1.97 bits per heavy atom. The molecular formula is C31H32O7Si. The number of methoxy groups -OCH3 is 1. The number of ketones is 1. The van der Waals surface area contributed by atoms with Gasteiger partial charge < -0.3 is 18.6 Å². The van der Waals surface area contributed by atoms with E-state index in [-0.39, 0.29) is 6.61 Å². The maximum absolute atomic E-state index is 12.9. The molecule has 0 amide bonds. The van der Waals surface area contributed by atoms with E-state index in [0.29, 0.717) is 11.3 Å².